The van der Waals surface area contributed by atoms with Gasteiger partial charge in [-0.05, 0) is 37.5 Å². The molecule has 0 fully saturated rings. The van der Waals surface area contributed by atoms with Gasteiger partial charge in [-0.25, -0.2) is 0 Å². The highest BCUT2D eigenvalue weighted by Crippen LogP contribution is 2.17. The second-order valence-electron chi connectivity index (χ2n) is 4.44. The van der Waals surface area contributed by atoms with Crippen molar-refractivity contribution in [2.24, 2.45) is 0 Å². The Kier molecular flexibility index (Phi) is 9.29. The van der Waals surface area contributed by atoms with E-state index in [0.29, 0.717) is 6.61 Å². The van der Waals surface area contributed by atoms with Crippen molar-refractivity contribution in [1.82, 2.24) is 5.32 Å². The predicted molar refractivity (Wildman–Crippen MR) is 86.1 cm³/mol. The van der Waals surface area contributed by atoms with E-state index in [9.17, 15) is 0 Å². The molecule has 2 nitrogen and oxygen atoms in total. The van der Waals surface area contributed by atoms with Crippen LogP contribution in [0, 0.1) is 0 Å². The molecule has 1 aromatic carbocycles. The molecule has 0 aliphatic heterocycles. The monoisotopic (exact) mass is 279 g/mol. The van der Waals surface area contributed by atoms with Gasteiger partial charge in [0.1, 0.15) is 12.4 Å². The fourth-order valence-electron chi connectivity index (χ4n) is 1.84. The third kappa shape index (κ3) is 7.28. The molecule has 106 valence electrons. The van der Waals surface area contributed by atoms with Crippen LogP contribution in [0.15, 0.2) is 36.9 Å². The summed E-state index contributed by atoms with van der Waals surface area (Å²) in [7, 11) is 0. The number of nitrogens with one attached hydrogen (secondary N) is 1. The minimum atomic E-state index is 0.561. The number of benzene rings is 1. The van der Waals surface area contributed by atoms with Crippen LogP contribution in [0.3, 0.4) is 0 Å². The molecule has 19 heavy (non-hydrogen) atoms. The maximum absolute atomic E-state index is 5.64. The number of rotatable bonds is 11. The summed E-state index contributed by atoms with van der Waals surface area (Å²) in [4.78, 5) is 0. The highest BCUT2D eigenvalue weighted by molar-refractivity contribution is 7.98. The van der Waals surface area contributed by atoms with E-state index in [1.807, 2.05) is 23.9 Å². The first-order valence-corrected chi connectivity index (χ1v) is 8.29. The van der Waals surface area contributed by atoms with Crippen LogP contribution in [-0.4, -0.2) is 25.2 Å². The summed E-state index contributed by atoms with van der Waals surface area (Å²) in [5.41, 5.74) is 1.22. The molecule has 0 aliphatic rings. The molecule has 0 unspecified atom stereocenters. The van der Waals surface area contributed by atoms with Gasteiger partial charge in [0.15, 0.2) is 0 Å². The molecule has 0 spiro atoms. The summed E-state index contributed by atoms with van der Waals surface area (Å²) in [6, 6.07) is 8.18. The van der Waals surface area contributed by atoms with E-state index in [-0.39, 0.29) is 0 Å². The van der Waals surface area contributed by atoms with Crippen molar-refractivity contribution in [3.8, 4) is 5.75 Å². The molecular formula is C16H25NOS. The zero-order chi connectivity index (χ0) is 13.8. The summed E-state index contributed by atoms with van der Waals surface area (Å²) >= 11 is 1.93. The lowest BCUT2D eigenvalue weighted by Gasteiger charge is -2.11. The predicted octanol–water partition coefficient (Wildman–Crippen LogP) is 3.87. The van der Waals surface area contributed by atoms with Crippen LogP contribution in [0.25, 0.3) is 0 Å². The molecule has 1 rings (SSSR count). The molecule has 1 N–H and O–H groups in total. The van der Waals surface area contributed by atoms with Gasteiger partial charge in [0.2, 0.25) is 0 Å². The lowest BCUT2D eigenvalue weighted by atomic mass is 10.2. The number of ether oxygens (including phenoxy) is 1. The van der Waals surface area contributed by atoms with Crippen molar-refractivity contribution in [2.45, 2.75) is 25.8 Å². The van der Waals surface area contributed by atoms with Gasteiger partial charge in [-0.2, -0.15) is 11.8 Å². The molecule has 3 heteroatoms. The Hall–Kier alpha value is -0.930. The van der Waals surface area contributed by atoms with Crippen molar-refractivity contribution in [1.29, 1.82) is 0 Å². The Balaban J connectivity index is 2.22. The lowest BCUT2D eigenvalue weighted by Crippen LogP contribution is -2.15. The van der Waals surface area contributed by atoms with Crippen LogP contribution in [0.5, 0.6) is 5.75 Å². The van der Waals surface area contributed by atoms with Gasteiger partial charge >= 0.3 is 0 Å². The minimum Gasteiger partial charge on any atom is -0.489 e. The molecule has 0 aliphatic carbocycles. The highest BCUT2D eigenvalue weighted by atomic mass is 32.2. The smallest absolute Gasteiger partial charge is 0.124 e. The van der Waals surface area contributed by atoms with Crippen molar-refractivity contribution < 1.29 is 4.74 Å². The summed E-state index contributed by atoms with van der Waals surface area (Å²) in [5.74, 6) is 2.23. The van der Waals surface area contributed by atoms with Crippen LogP contribution in [0.2, 0.25) is 0 Å². The van der Waals surface area contributed by atoms with E-state index in [4.69, 9.17) is 4.74 Å². The Labute approximate surface area is 121 Å². The van der Waals surface area contributed by atoms with Gasteiger partial charge in [-0.1, -0.05) is 37.3 Å². The average molecular weight is 279 g/mol. The molecule has 0 saturated carbocycles. The topological polar surface area (TPSA) is 21.3 Å². The maximum atomic E-state index is 5.64. The summed E-state index contributed by atoms with van der Waals surface area (Å²) in [6.45, 7) is 6.18. The fourth-order valence-corrected chi connectivity index (χ4v) is 2.33. The van der Waals surface area contributed by atoms with Crippen molar-refractivity contribution in [2.75, 3.05) is 25.2 Å². The van der Waals surface area contributed by atoms with Gasteiger partial charge < -0.3 is 10.1 Å². The Morgan fingerprint density at radius 1 is 1.26 bits per heavy atom. The van der Waals surface area contributed by atoms with Crippen LogP contribution >= 0.6 is 11.8 Å². The van der Waals surface area contributed by atoms with E-state index in [0.717, 1.165) is 18.8 Å². The number of para-hydroxylation sites is 1. The van der Waals surface area contributed by atoms with Crippen LogP contribution in [0.1, 0.15) is 24.8 Å². The molecule has 1 aromatic rings. The lowest BCUT2D eigenvalue weighted by molar-refractivity contribution is 0.358. The average Bonchev–Trinajstić information content (AvgIpc) is 2.45. The highest BCUT2D eigenvalue weighted by Gasteiger charge is 2.01. The van der Waals surface area contributed by atoms with Crippen molar-refractivity contribution >= 4 is 11.8 Å². The largest absolute Gasteiger partial charge is 0.489 e. The zero-order valence-corrected chi connectivity index (χ0v) is 12.7. The quantitative estimate of drug-likeness (QED) is 0.491. The molecule has 0 heterocycles. The fraction of sp³-hybridized carbons (Fsp3) is 0.500. The first kappa shape index (κ1) is 16.1. The van der Waals surface area contributed by atoms with Gasteiger partial charge in [-0.15, -0.1) is 0 Å². The third-order valence-corrected chi connectivity index (χ3v) is 3.54. The Morgan fingerprint density at radius 2 is 2.11 bits per heavy atom. The van der Waals surface area contributed by atoms with Gasteiger partial charge in [0.05, 0.1) is 0 Å². The molecular weight excluding hydrogens is 254 g/mol. The maximum Gasteiger partial charge on any atom is 0.124 e. The van der Waals surface area contributed by atoms with Gasteiger partial charge in [-0.3, -0.25) is 0 Å². The zero-order valence-electron chi connectivity index (χ0n) is 11.9. The van der Waals surface area contributed by atoms with E-state index < -0.39 is 0 Å². The molecule has 0 aromatic heterocycles. The second kappa shape index (κ2) is 10.9. The first-order valence-electron chi connectivity index (χ1n) is 6.89. The standard InChI is InChI=1S/C16H25NOS/c1-3-12-18-16-10-6-5-9-15(16)14-17-11-7-4-8-13-19-2/h3,5-6,9-10,17H,1,4,7-8,11-14H2,2H3. The van der Waals surface area contributed by atoms with Crippen molar-refractivity contribution in [3.05, 3.63) is 42.5 Å². The van der Waals surface area contributed by atoms with E-state index in [1.54, 1.807) is 6.08 Å². The summed E-state index contributed by atoms with van der Waals surface area (Å²) in [6.07, 6.45) is 7.81. The SMILES string of the molecule is C=CCOc1ccccc1CNCCCCCSC. The van der Waals surface area contributed by atoms with Gasteiger partial charge in [0, 0.05) is 12.1 Å². The molecule has 0 amide bonds. The Bertz CT molecular complexity index is 354. The molecule has 0 radical (unpaired) electrons. The Morgan fingerprint density at radius 3 is 2.89 bits per heavy atom. The molecule has 0 saturated heterocycles. The van der Waals surface area contributed by atoms with E-state index in [1.165, 1.54) is 30.6 Å². The second-order valence-corrected chi connectivity index (χ2v) is 5.42. The first-order chi connectivity index (χ1) is 9.38. The van der Waals surface area contributed by atoms with Crippen LogP contribution in [0.4, 0.5) is 0 Å². The van der Waals surface area contributed by atoms with Gasteiger partial charge in [0.25, 0.3) is 0 Å². The van der Waals surface area contributed by atoms with Crippen LogP contribution < -0.4 is 10.1 Å². The summed E-state index contributed by atoms with van der Waals surface area (Å²) in [5, 5.41) is 3.48. The van der Waals surface area contributed by atoms with Crippen LogP contribution in [-0.2, 0) is 6.54 Å². The number of hydrogen-bond donors (Lipinski definition) is 1. The van der Waals surface area contributed by atoms with E-state index >= 15 is 0 Å². The summed E-state index contributed by atoms with van der Waals surface area (Å²) < 4.78 is 5.64. The normalized spacial score (nSPS) is 10.4. The third-order valence-electron chi connectivity index (χ3n) is 2.85. The van der Waals surface area contributed by atoms with Crippen molar-refractivity contribution in [3.63, 3.8) is 0 Å². The number of hydrogen-bond acceptors (Lipinski definition) is 3. The van der Waals surface area contributed by atoms with E-state index in [2.05, 4.69) is 30.3 Å². The number of thioether (sulfide) groups is 1. The number of unbranched alkanes of at least 4 members (excludes halogenated alkanes) is 2. The minimum absolute atomic E-state index is 0.561. The molecule has 0 bridgehead atoms. The molecule has 0 atom stereocenters.